The number of hydrogen-bond acceptors (Lipinski definition) is 5. The number of nitro groups is 1. The molecule has 0 bridgehead atoms. The van der Waals surface area contributed by atoms with Gasteiger partial charge in [-0.2, -0.15) is 0 Å². The predicted molar refractivity (Wildman–Crippen MR) is 78.1 cm³/mol. The number of benzene rings is 1. The molecule has 116 valence electrons. The Bertz CT molecular complexity index is 516. The Labute approximate surface area is 123 Å². The topological polar surface area (TPSA) is 90.7 Å². The highest BCUT2D eigenvalue weighted by molar-refractivity contribution is 5.99. The number of nitrogens with zero attached hydrogens (tertiary/aromatic N) is 1. The first-order valence-electron chi connectivity index (χ1n) is 6.73. The summed E-state index contributed by atoms with van der Waals surface area (Å²) in [4.78, 5) is 22.6. The monoisotopic (exact) mass is 296 g/mol. The van der Waals surface area contributed by atoms with Crippen molar-refractivity contribution >= 4 is 11.6 Å². The molecule has 0 aliphatic carbocycles. The molecule has 1 rings (SSSR count). The van der Waals surface area contributed by atoms with E-state index in [-0.39, 0.29) is 22.7 Å². The second-order valence-electron chi connectivity index (χ2n) is 4.44. The van der Waals surface area contributed by atoms with Crippen LogP contribution < -0.4 is 14.8 Å². The van der Waals surface area contributed by atoms with Gasteiger partial charge in [-0.05, 0) is 6.42 Å². The second kappa shape index (κ2) is 8.08. The van der Waals surface area contributed by atoms with E-state index >= 15 is 0 Å². The SMILES string of the molecule is CCCCCNC(=O)c1cc(OC)c(OC)cc1[N+](=O)[O-]. The molecule has 0 aliphatic rings. The number of unbranched alkanes of at least 4 members (excludes halogenated alkanes) is 2. The molecule has 1 aromatic carbocycles. The Morgan fingerprint density at radius 3 is 2.38 bits per heavy atom. The quantitative estimate of drug-likeness (QED) is 0.452. The van der Waals surface area contributed by atoms with Crippen LogP contribution in [0.3, 0.4) is 0 Å². The zero-order valence-corrected chi connectivity index (χ0v) is 12.5. The minimum atomic E-state index is -0.608. The molecule has 0 aromatic heterocycles. The van der Waals surface area contributed by atoms with Gasteiger partial charge in [-0.1, -0.05) is 19.8 Å². The van der Waals surface area contributed by atoms with Gasteiger partial charge in [0.1, 0.15) is 5.56 Å². The molecule has 0 aliphatic heterocycles. The largest absolute Gasteiger partial charge is 0.493 e. The number of hydrogen-bond donors (Lipinski definition) is 1. The van der Waals surface area contributed by atoms with Gasteiger partial charge in [0.15, 0.2) is 11.5 Å². The van der Waals surface area contributed by atoms with Crippen LogP contribution in [0.4, 0.5) is 5.69 Å². The highest BCUT2D eigenvalue weighted by atomic mass is 16.6. The Balaban J connectivity index is 3.03. The van der Waals surface area contributed by atoms with Crippen molar-refractivity contribution in [1.29, 1.82) is 0 Å². The van der Waals surface area contributed by atoms with Crippen LogP contribution in [0.5, 0.6) is 11.5 Å². The van der Waals surface area contributed by atoms with Crippen LogP contribution in [-0.4, -0.2) is 31.6 Å². The van der Waals surface area contributed by atoms with Gasteiger partial charge in [0, 0.05) is 12.6 Å². The maximum atomic E-state index is 12.1. The number of nitro benzene ring substituents is 1. The van der Waals surface area contributed by atoms with E-state index in [0.29, 0.717) is 6.54 Å². The first-order chi connectivity index (χ1) is 10.0. The second-order valence-corrected chi connectivity index (χ2v) is 4.44. The summed E-state index contributed by atoms with van der Waals surface area (Å²) in [5, 5.41) is 13.8. The molecule has 0 fully saturated rings. The van der Waals surface area contributed by atoms with E-state index in [2.05, 4.69) is 12.2 Å². The molecule has 1 N–H and O–H groups in total. The zero-order valence-electron chi connectivity index (χ0n) is 12.5. The fourth-order valence-corrected chi connectivity index (χ4v) is 1.87. The normalized spacial score (nSPS) is 10.0. The summed E-state index contributed by atoms with van der Waals surface area (Å²) in [6.07, 6.45) is 2.87. The van der Waals surface area contributed by atoms with Gasteiger partial charge < -0.3 is 14.8 Å². The van der Waals surface area contributed by atoms with Crippen LogP contribution in [0.25, 0.3) is 0 Å². The highest BCUT2D eigenvalue weighted by Gasteiger charge is 2.24. The van der Waals surface area contributed by atoms with Crippen molar-refractivity contribution in [2.75, 3.05) is 20.8 Å². The molecule has 1 aromatic rings. The van der Waals surface area contributed by atoms with Crippen molar-refractivity contribution in [2.24, 2.45) is 0 Å². The zero-order chi connectivity index (χ0) is 15.8. The molecular weight excluding hydrogens is 276 g/mol. The Hall–Kier alpha value is -2.31. The number of amides is 1. The molecular formula is C14H20N2O5. The lowest BCUT2D eigenvalue weighted by Gasteiger charge is -2.10. The van der Waals surface area contributed by atoms with Crippen molar-refractivity contribution in [1.82, 2.24) is 5.32 Å². The van der Waals surface area contributed by atoms with Crippen LogP contribution in [-0.2, 0) is 0 Å². The minimum absolute atomic E-state index is 0.0332. The Kier molecular flexibility index (Phi) is 6.45. The average Bonchev–Trinajstić information content (AvgIpc) is 2.49. The maximum Gasteiger partial charge on any atom is 0.286 e. The molecule has 0 heterocycles. The van der Waals surface area contributed by atoms with Gasteiger partial charge in [0.2, 0.25) is 0 Å². The van der Waals surface area contributed by atoms with Crippen molar-refractivity contribution < 1.29 is 19.2 Å². The molecule has 21 heavy (non-hydrogen) atoms. The molecule has 0 saturated carbocycles. The lowest BCUT2D eigenvalue weighted by atomic mass is 10.1. The number of carbonyl (C=O) groups is 1. The number of methoxy groups -OCH3 is 2. The average molecular weight is 296 g/mol. The van der Waals surface area contributed by atoms with E-state index < -0.39 is 10.8 Å². The third kappa shape index (κ3) is 4.34. The minimum Gasteiger partial charge on any atom is -0.493 e. The van der Waals surface area contributed by atoms with E-state index in [4.69, 9.17) is 9.47 Å². The molecule has 0 atom stereocenters. The smallest absolute Gasteiger partial charge is 0.286 e. The number of carbonyl (C=O) groups excluding carboxylic acids is 1. The van der Waals surface area contributed by atoms with Gasteiger partial charge in [0.25, 0.3) is 11.6 Å². The third-order valence-corrected chi connectivity index (χ3v) is 3.01. The summed E-state index contributed by atoms with van der Waals surface area (Å²) in [6, 6.07) is 2.52. The van der Waals surface area contributed by atoms with E-state index in [0.717, 1.165) is 19.3 Å². The van der Waals surface area contributed by atoms with E-state index in [1.54, 1.807) is 0 Å². The number of nitrogens with one attached hydrogen (secondary N) is 1. The summed E-state index contributed by atoms with van der Waals surface area (Å²) in [7, 11) is 2.79. The summed E-state index contributed by atoms with van der Waals surface area (Å²) >= 11 is 0. The Morgan fingerprint density at radius 2 is 1.86 bits per heavy atom. The van der Waals surface area contributed by atoms with Crippen molar-refractivity contribution in [3.63, 3.8) is 0 Å². The molecule has 1 amide bonds. The van der Waals surface area contributed by atoms with E-state index in [9.17, 15) is 14.9 Å². The highest BCUT2D eigenvalue weighted by Crippen LogP contribution is 2.34. The van der Waals surface area contributed by atoms with Crippen LogP contribution in [0.2, 0.25) is 0 Å². The van der Waals surface area contributed by atoms with Crippen LogP contribution in [0.1, 0.15) is 36.5 Å². The summed E-state index contributed by atoms with van der Waals surface area (Å²) < 4.78 is 10.1. The lowest BCUT2D eigenvalue weighted by molar-refractivity contribution is -0.385. The lowest BCUT2D eigenvalue weighted by Crippen LogP contribution is -2.25. The fourth-order valence-electron chi connectivity index (χ4n) is 1.87. The number of ether oxygens (including phenoxy) is 2. The van der Waals surface area contributed by atoms with Crippen LogP contribution >= 0.6 is 0 Å². The summed E-state index contributed by atoms with van der Waals surface area (Å²) in [5.41, 5.74) is -0.338. The van der Waals surface area contributed by atoms with Crippen molar-refractivity contribution in [2.45, 2.75) is 26.2 Å². The first kappa shape index (κ1) is 16.7. The Morgan fingerprint density at radius 1 is 1.24 bits per heavy atom. The number of rotatable bonds is 8. The van der Waals surface area contributed by atoms with Crippen LogP contribution in [0, 0.1) is 10.1 Å². The maximum absolute atomic E-state index is 12.1. The predicted octanol–water partition coefficient (Wildman–Crippen LogP) is 2.53. The van der Waals surface area contributed by atoms with Crippen molar-refractivity contribution in [3.05, 3.63) is 27.8 Å². The van der Waals surface area contributed by atoms with Crippen LogP contribution in [0.15, 0.2) is 12.1 Å². The fraction of sp³-hybridized carbons (Fsp3) is 0.500. The summed E-state index contributed by atoms with van der Waals surface area (Å²) in [6.45, 7) is 2.54. The molecule has 0 unspecified atom stereocenters. The molecule has 7 nitrogen and oxygen atoms in total. The molecule has 0 spiro atoms. The van der Waals surface area contributed by atoms with Gasteiger partial charge in [-0.3, -0.25) is 14.9 Å². The van der Waals surface area contributed by atoms with Crippen molar-refractivity contribution in [3.8, 4) is 11.5 Å². The van der Waals surface area contributed by atoms with E-state index in [1.807, 2.05) is 0 Å². The molecule has 0 radical (unpaired) electrons. The third-order valence-electron chi connectivity index (χ3n) is 3.01. The van der Waals surface area contributed by atoms with Gasteiger partial charge in [0.05, 0.1) is 25.2 Å². The molecule has 7 heteroatoms. The molecule has 0 saturated heterocycles. The van der Waals surface area contributed by atoms with E-state index in [1.165, 1.54) is 26.4 Å². The van der Waals surface area contributed by atoms with Gasteiger partial charge in [-0.15, -0.1) is 0 Å². The van der Waals surface area contributed by atoms with Gasteiger partial charge >= 0.3 is 0 Å². The van der Waals surface area contributed by atoms with Gasteiger partial charge in [-0.25, -0.2) is 0 Å². The standard InChI is InChI=1S/C14H20N2O5/c1-4-5-6-7-15-14(17)10-8-12(20-2)13(21-3)9-11(10)16(18)19/h8-9H,4-7H2,1-3H3,(H,15,17). The first-order valence-corrected chi connectivity index (χ1v) is 6.73. The summed E-state index contributed by atoms with van der Waals surface area (Å²) in [5.74, 6) is 0.00676.